The minimum Gasteiger partial charge on any atom is -0.497 e. The van der Waals surface area contributed by atoms with Crippen LogP contribution in [0, 0.1) is 0 Å². The van der Waals surface area contributed by atoms with Gasteiger partial charge in [0, 0.05) is 22.8 Å². The summed E-state index contributed by atoms with van der Waals surface area (Å²) in [7, 11) is 15.1. The molecule has 11 rings (SSSR count). The number of ether oxygens (including phenoxy) is 12. The monoisotopic (exact) mass is 1030 g/mol. The second-order valence-electron chi connectivity index (χ2n) is 19.0. The van der Waals surface area contributed by atoms with E-state index in [0.717, 1.165) is 84.2 Å². The number of rotatable bonds is 17. The van der Waals surface area contributed by atoms with Gasteiger partial charge in [0.05, 0.1) is 81.7 Å². The van der Waals surface area contributed by atoms with Crippen LogP contribution in [-0.4, -0.2) is 64.0 Å². The van der Waals surface area contributed by atoms with Gasteiger partial charge in [-0.25, -0.2) is 0 Å². The van der Waals surface area contributed by atoms with Crippen LogP contribution in [-0.2, 0) is 0 Å². The summed E-state index contributed by atoms with van der Waals surface area (Å²) in [5.74, 6) is 7.32. The molecular formula is C65H60O12. The smallest absolute Gasteiger partial charge is 0.135 e. The third-order valence-electron chi connectivity index (χ3n) is 15.0. The van der Waals surface area contributed by atoms with Crippen LogP contribution in [0.4, 0.5) is 0 Å². The Morgan fingerprint density at radius 2 is 0.584 bits per heavy atom. The summed E-state index contributed by atoms with van der Waals surface area (Å²) in [5.41, 5.74) is 10.3. The molecule has 392 valence electrons. The second-order valence-corrected chi connectivity index (χ2v) is 19.0. The van der Waals surface area contributed by atoms with Gasteiger partial charge >= 0.3 is 0 Å². The van der Waals surface area contributed by atoms with Crippen molar-refractivity contribution in [2.24, 2.45) is 0 Å². The Bertz CT molecular complexity index is 3420. The molecule has 12 heteroatoms. The van der Waals surface area contributed by atoms with E-state index in [1.54, 1.807) is 64.0 Å². The predicted octanol–water partition coefficient (Wildman–Crippen LogP) is 13.7. The normalized spacial score (nSPS) is 18.7. The molecule has 0 aliphatic carbocycles. The van der Waals surface area contributed by atoms with Gasteiger partial charge < -0.3 is 56.8 Å². The van der Waals surface area contributed by atoms with Crippen LogP contribution < -0.4 is 56.8 Å². The van der Waals surface area contributed by atoms with E-state index in [0.29, 0.717) is 46.0 Å². The van der Waals surface area contributed by atoms with E-state index < -0.39 is 24.2 Å². The summed E-state index contributed by atoms with van der Waals surface area (Å²) in [6.07, 6.45) is 2.69. The Balaban J connectivity index is 1.06. The van der Waals surface area contributed by atoms with Crippen molar-refractivity contribution < 1.29 is 56.8 Å². The van der Waals surface area contributed by atoms with Gasteiger partial charge in [-0.1, -0.05) is 60.7 Å². The highest BCUT2D eigenvalue weighted by atomic mass is 16.5. The first kappa shape index (κ1) is 50.3. The van der Waals surface area contributed by atoms with Gasteiger partial charge in [0.15, 0.2) is 0 Å². The lowest BCUT2D eigenvalue weighted by Crippen LogP contribution is -2.13. The van der Waals surface area contributed by atoms with Crippen molar-refractivity contribution in [3.05, 3.63) is 213 Å². The quantitative estimate of drug-likeness (QED) is 0.0810. The molecule has 6 atom stereocenters. The summed E-state index contributed by atoms with van der Waals surface area (Å²) in [4.78, 5) is 0. The van der Waals surface area contributed by atoms with Crippen LogP contribution in [0.1, 0.15) is 97.3 Å². The van der Waals surface area contributed by atoms with E-state index in [-0.39, 0.29) is 11.8 Å². The average molecular weight is 1030 g/mol. The van der Waals surface area contributed by atoms with Gasteiger partial charge in [-0.05, 0) is 142 Å². The van der Waals surface area contributed by atoms with Crippen LogP contribution in [0.25, 0.3) is 12.2 Å². The summed E-state index contributed by atoms with van der Waals surface area (Å²) in [6.45, 7) is 0. The third kappa shape index (κ3) is 9.38. The molecule has 0 saturated heterocycles. The van der Waals surface area contributed by atoms with Gasteiger partial charge in [0.25, 0.3) is 0 Å². The van der Waals surface area contributed by atoms with E-state index in [4.69, 9.17) is 56.8 Å². The lowest BCUT2D eigenvalue weighted by Gasteiger charge is -2.24. The molecule has 77 heavy (non-hydrogen) atoms. The summed E-state index contributed by atoms with van der Waals surface area (Å²) in [5, 5.41) is 0. The summed E-state index contributed by atoms with van der Waals surface area (Å²) < 4.78 is 74.5. The number of hydrogen-bond donors (Lipinski definition) is 0. The highest BCUT2D eigenvalue weighted by Gasteiger charge is 2.46. The number of fused-ring (bicyclic) bond motifs is 3. The molecule has 0 amide bonds. The Labute approximate surface area is 449 Å². The van der Waals surface area contributed by atoms with Crippen molar-refractivity contribution in [3.8, 4) is 69.0 Å². The maximum Gasteiger partial charge on any atom is 0.135 e. The predicted molar refractivity (Wildman–Crippen MR) is 295 cm³/mol. The molecule has 3 heterocycles. The Kier molecular flexibility index (Phi) is 14.0. The Morgan fingerprint density at radius 1 is 0.273 bits per heavy atom. The molecule has 0 aromatic heterocycles. The van der Waals surface area contributed by atoms with E-state index in [1.807, 2.05) is 103 Å². The first-order valence-corrected chi connectivity index (χ1v) is 25.3. The van der Waals surface area contributed by atoms with Crippen molar-refractivity contribution in [1.82, 2.24) is 0 Å². The molecule has 3 aliphatic heterocycles. The van der Waals surface area contributed by atoms with E-state index in [1.165, 1.54) is 0 Å². The van der Waals surface area contributed by atoms with E-state index >= 15 is 0 Å². The van der Waals surface area contributed by atoms with Gasteiger partial charge in [-0.3, -0.25) is 0 Å². The molecule has 8 aromatic carbocycles. The zero-order valence-electron chi connectivity index (χ0n) is 44.5. The maximum absolute atomic E-state index is 7.30. The summed E-state index contributed by atoms with van der Waals surface area (Å²) >= 11 is 0. The molecular weight excluding hydrogens is 973 g/mol. The average Bonchev–Trinajstić information content (AvgIpc) is 4.35. The highest BCUT2D eigenvalue weighted by Crippen LogP contribution is 2.61. The molecule has 0 spiro atoms. The van der Waals surface area contributed by atoms with Crippen LogP contribution in [0.2, 0.25) is 0 Å². The Hall–Kier alpha value is -8.90. The SMILES string of the molecule is COc1ccc(/C=C/c2cc(OC)c3c(c2)O[C@H](c2ccc(OC)cc2)[C@H]3c2cc(OC)c3c(c2)O[C@H](c2ccc(OC)cc2)[C@H]3c2cc(OC)c3c(c2)O[C@H](c2ccc(OC)cc2)[C@H]3c2cc(OC)cc(OC)c2)cc1. The minimum absolute atomic E-state index is 0.319. The second kappa shape index (κ2) is 21.4. The number of hydrogen-bond acceptors (Lipinski definition) is 12. The van der Waals surface area contributed by atoms with Crippen molar-refractivity contribution in [3.63, 3.8) is 0 Å². The number of methoxy groups -OCH3 is 9. The molecule has 0 bridgehead atoms. The maximum atomic E-state index is 7.30. The fourth-order valence-electron chi connectivity index (χ4n) is 11.2. The van der Waals surface area contributed by atoms with Gasteiger partial charge in [0.2, 0.25) is 0 Å². The van der Waals surface area contributed by atoms with Crippen molar-refractivity contribution in [1.29, 1.82) is 0 Å². The van der Waals surface area contributed by atoms with Crippen LogP contribution in [0.3, 0.4) is 0 Å². The standard InChI is InChI=1S/C65H60O12/c1-66-45-20-12-37(13-21-45)10-11-38-28-51(72-7)60-54(29-38)75-64(40-16-24-47(68-3)25-17-40)58(60)43-32-53(74-9)62-56(34-43)77-65(41-18-26-48(69-4)27-19-41)59(62)44-33-52(73-8)61-55(35-44)76-63(39-14-22-46(67-2)23-15-39)57(61)42-30-49(70-5)36-50(31-42)71-6/h10-36,57-59,63-65H,1-9H3/b11-10+/t57-,58-,59-,63+,64+,65+/m0/s1. The molecule has 0 unspecified atom stereocenters. The lowest BCUT2D eigenvalue weighted by atomic mass is 9.80. The van der Waals surface area contributed by atoms with Crippen molar-refractivity contribution in [2.45, 2.75) is 36.1 Å². The largest absolute Gasteiger partial charge is 0.497 e. The lowest BCUT2D eigenvalue weighted by molar-refractivity contribution is 0.216. The molecule has 0 saturated carbocycles. The van der Waals surface area contributed by atoms with Crippen LogP contribution >= 0.6 is 0 Å². The topological polar surface area (TPSA) is 111 Å². The molecule has 0 N–H and O–H groups in total. The zero-order chi connectivity index (χ0) is 53.3. The third-order valence-corrected chi connectivity index (χ3v) is 15.0. The first-order valence-electron chi connectivity index (χ1n) is 25.3. The summed E-state index contributed by atoms with van der Waals surface area (Å²) in [6, 6.07) is 50.5. The van der Waals surface area contributed by atoms with Crippen molar-refractivity contribution in [2.75, 3.05) is 64.0 Å². The first-order chi connectivity index (χ1) is 37.7. The molecule has 12 nitrogen and oxygen atoms in total. The van der Waals surface area contributed by atoms with E-state index in [2.05, 4.69) is 60.7 Å². The van der Waals surface area contributed by atoms with Crippen LogP contribution in [0.5, 0.6) is 69.0 Å². The van der Waals surface area contributed by atoms with E-state index in [9.17, 15) is 0 Å². The fourth-order valence-corrected chi connectivity index (χ4v) is 11.2. The molecule has 3 aliphatic rings. The highest BCUT2D eigenvalue weighted by molar-refractivity contribution is 5.74. The fraction of sp³-hybridized carbons (Fsp3) is 0.231. The molecule has 8 aromatic rings. The molecule has 0 fully saturated rings. The zero-order valence-corrected chi connectivity index (χ0v) is 44.5. The number of benzene rings is 8. The Morgan fingerprint density at radius 3 is 0.935 bits per heavy atom. The minimum atomic E-state index is -0.515. The van der Waals surface area contributed by atoms with Crippen LogP contribution in [0.15, 0.2) is 152 Å². The van der Waals surface area contributed by atoms with Gasteiger partial charge in [0.1, 0.15) is 87.3 Å². The van der Waals surface area contributed by atoms with Crippen molar-refractivity contribution >= 4 is 12.2 Å². The van der Waals surface area contributed by atoms with Gasteiger partial charge in [-0.2, -0.15) is 0 Å². The molecule has 0 radical (unpaired) electrons. The van der Waals surface area contributed by atoms with Gasteiger partial charge in [-0.15, -0.1) is 0 Å².